The molecular weight excluding hydrogens is 342 g/mol. The number of nitrogens with one attached hydrogen (secondary N) is 1. The van der Waals surface area contributed by atoms with Gasteiger partial charge in [-0.1, -0.05) is 43.2 Å². The molecule has 134 valence electrons. The summed E-state index contributed by atoms with van der Waals surface area (Å²) in [6.45, 7) is 0.752. The summed E-state index contributed by atoms with van der Waals surface area (Å²) >= 11 is 1.73. The molecule has 1 N–H and O–H groups in total. The van der Waals surface area contributed by atoms with Gasteiger partial charge in [0.05, 0.1) is 0 Å². The molecule has 26 heavy (non-hydrogen) atoms. The third kappa shape index (κ3) is 3.61. The lowest BCUT2D eigenvalue weighted by atomic mass is 9.80. The smallest absolute Gasteiger partial charge is 0.257 e. The van der Waals surface area contributed by atoms with Crippen LogP contribution in [0.1, 0.15) is 31.2 Å². The molecule has 1 fully saturated rings. The predicted octanol–water partition coefficient (Wildman–Crippen LogP) is 4.91. The van der Waals surface area contributed by atoms with Crippen molar-refractivity contribution in [1.82, 2.24) is 5.32 Å². The Labute approximate surface area is 158 Å². The van der Waals surface area contributed by atoms with Crippen LogP contribution in [0.3, 0.4) is 0 Å². The Morgan fingerprint density at radius 2 is 1.88 bits per heavy atom. The number of hydrogen-bond donors (Lipinski definition) is 1. The van der Waals surface area contributed by atoms with E-state index in [9.17, 15) is 4.79 Å². The van der Waals surface area contributed by atoms with Gasteiger partial charge < -0.3 is 10.1 Å². The monoisotopic (exact) mass is 365 g/mol. The van der Waals surface area contributed by atoms with E-state index >= 15 is 0 Å². The maximum atomic E-state index is 12.3. The lowest BCUT2D eigenvalue weighted by molar-refractivity contribution is -0.123. The summed E-state index contributed by atoms with van der Waals surface area (Å²) < 4.78 is 5.70. The second-order valence-corrected chi connectivity index (χ2v) is 7.85. The summed E-state index contributed by atoms with van der Waals surface area (Å²) in [7, 11) is 0. The van der Waals surface area contributed by atoms with E-state index < -0.39 is 0 Å². The summed E-state index contributed by atoms with van der Waals surface area (Å²) in [6.07, 6.45) is 4.77. The molecule has 0 saturated heterocycles. The third-order valence-corrected chi connectivity index (χ3v) is 6.09. The molecule has 0 atom stereocenters. The minimum Gasteiger partial charge on any atom is -0.484 e. The van der Waals surface area contributed by atoms with E-state index in [-0.39, 0.29) is 17.9 Å². The van der Waals surface area contributed by atoms with E-state index in [0.717, 1.165) is 24.0 Å². The Kier molecular flexibility index (Phi) is 4.93. The third-order valence-electron chi connectivity index (χ3n) is 5.41. The average Bonchev–Trinajstić information content (AvgIpc) is 3.37. The van der Waals surface area contributed by atoms with E-state index in [4.69, 9.17) is 4.74 Å². The predicted molar refractivity (Wildman–Crippen MR) is 107 cm³/mol. The first-order chi connectivity index (χ1) is 12.8. The topological polar surface area (TPSA) is 38.3 Å². The van der Waals surface area contributed by atoms with Crippen LogP contribution in [0, 0.1) is 0 Å². The maximum absolute atomic E-state index is 12.3. The first-order valence-electron chi connectivity index (χ1n) is 9.16. The molecule has 1 heterocycles. The Morgan fingerprint density at radius 1 is 1.08 bits per heavy atom. The summed E-state index contributed by atoms with van der Waals surface area (Å²) in [6, 6.07) is 16.3. The van der Waals surface area contributed by atoms with E-state index in [1.165, 1.54) is 23.8 Å². The Bertz CT molecular complexity index is 882. The number of rotatable bonds is 6. The fourth-order valence-corrected chi connectivity index (χ4v) is 4.69. The molecule has 2 aromatic carbocycles. The number of ether oxygens (including phenoxy) is 1. The van der Waals surface area contributed by atoms with E-state index in [1.807, 2.05) is 36.4 Å². The highest BCUT2D eigenvalue weighted by molar-refractivity contribution is 7.08. The highest BCUT2D eigenvalue weighted by Crippen LogP contribution is 2.41. The summed E-state index contributed by atoms with van der Waals surface area (Å²) in [4.78, 5) is 12.3. The Morgan fingerprint density at radius 3 is 2.65 bits per heavy atom. The van der Waals surface area contributed by atoms with Crippen LogP contribution in [-0.2, 0) is 10.2 Å². The van der Waals surface area contributed by atoms with Gasteiger partial charge in [0.2, 0.25) is 0 Å². The molecule has 1 aliphatic carbocycles. The largest absolute Gasteiger partial charge is 0.484 e. The van der Waals surface area contributed by atoms with Crippen LogP contribution in [0.25, 0.3) is 10.8 Å². The van der Waals surface area contributed by atoms with Gasteiger partial charge in [-0.2, -0.15) is 11.3 Å². The van der Waals surface area contributed by atoms with Gasteiger partial charge in [-0.3, -0.25) is 4.79 Å². The second kappa shape index (κ2) is 7.50. The molecule has 0 aliphatic heterocycles. The van der Waals surface area contributed by atoms with Crippen molar-refractivity contribution in [2.24, 2.45) is 0 Å². The van der Waals surface area contributed by atoms with Crippen molar-refractivity contribution in [3.05, 3.63) is 64.9 Å². The van der Waals surface area contributed by atoms with Crippen LogP contribution in [0.4, 0.5) is 0 Å². The van der Waals surface area contributed by atoms with Gasteiger partial charge in [0.1, 0.15) is 5.75 Å². The van der Waals surface area contributed by atoms with Crippen molar-refractivity contribution in [2.45, 2.75) is 31.1 Å². The zero-order valence-corrected chi connectivity index (χ0v) is 15.6. The lowest BCUT2D eigenvalue weighted by Gasteiger charge is -2.28. The number of amides is 1. The van der Waals surface area contributed by atoms with Crippen LogP contribution in [0.5, 0.6) is 5.75 Å². The first-order valence-corrected chi connectivity index (χ1v) is 10.1. The maximum Gasteiger partial charge on any atom is 0.257 e. The van der Waals surface area contributed by atoms with Crippen molar-refractivity contribution in [3.8, 4) is 5.75 Å². The fraction of sp³-hybridized carbons (Fsp3) is 0.318. The highest BCUT2D eigenvalue weighted by Gasteiger charge is 2.36. The molecule has 0 radical (unpaired) electrons. The number of benzene rings is 2. The van der Waals surface area contributed by atoms with Crippen LogP contribution in [-0.4, -0.2) is 19.1 Å². The van der Waals surface area contributed by atoms with Gasteiger partial charge in [-0.05, 0) is 58.1 Å². The van der Waals surface area contributed by atoms with Crippen LogP contribution < -0.4 is 10.1 Å². The molecule has 1 aliphatic rings. The van der Waals surface area contributed by atoms with Crippen molar-refractivity contribution < 1.29 is 9.53 Å². The minimum absolute atomic E-state index is 0.0536. The minimum atomic E-state index is -0.0559. The number of fused-ring (bicyclic) bond motifs is 1. The average molecular weight is 365 g/mol. The van der Waals surface area contributed by atoms with E-state index in [2.05, 4.69) is 28.2 Å². The van der Waals surface area contributed by atoms with Gasteiger partial charge in [-0.25, -0.2) is 0 Å². The van der Waals surface area contributed by atoms with Crippen molar-refractivity contribution >= 4 is 28.0 Å². The van der Waals surface area contributed by atoms with E-state index in [1.54, 1.807) is 11.3 Å². The first kappa shape index (κ1) is 17.1. The molecule has 4 rings (SSSR count). The van der Waals surface area contributed by atoms with Gasteiger partial charge in [0, 0.05) is 12.0 Å². The number of carbonyl (C=O) groups is 1. The lowest BCUT2D eigenvalue weighted by Crippen LogP contribution is -2.40. The SMILES string of the molecule is O=C(COc1ccc2ccccc2c1)NCC1(c2ccsc2)CCCC1. The zero-order chi connectivity index (χ0) is 17.8. The zero-order valence-electron chi connectivity index (χ0n) is 14.7. The fourth-order valence-electron chi connectivity index (χ4n) is 3.91. The standard InChI is InChI=1S/C22H23NO2S/c24-21(14-25-20-8-7-17-5-1-2-6-18(17)13-20)23-16-22(10-3-4-11-22)19-9-12-26-15-19/h1-2,5-9,12-13,15H,3-4,10-11,14,16H2,(H,23,24). The van der Waals surface area contributed by atoms with Gasteiger partial charge in [0.15, 0.2) is 6.61 Å². The molecule has 4 heteroatoms. The van der Waals surface area contributed by atoms with Crippen molar-refractivity contribution in [2.75, 3.05) is 13.2 Å². The van der Waals surface area contributed by atoms with Crippen LogP contribution in [0.15, 0.2) is 59.3 Å². The summed E-state index contributed by atoms with van der Waals surface area (Å²) in [5, 5.41) is 9.74. The van der Waals surface area contributed by atoms with Gasteiger partial charge >= 0.3 is 0 Å². The Hall–Kier alpha value is -2.33. The number of carbonyl (C=O) groups excluding carboxylic acids is 1. The molecule has 0 spiro atoms. The summed E-state index contributed by atoms with van der Waals surface area (Å²) in [5.74, 6) is 0.673. The second-order valence-electron chi connectivity index (χ2n) is 7.07. The Balaban J connectivity index is 1.34. The van der Waals surface area contributed by atoms with Crippen LogP contribution in [0.2, 0.25) is 0 Å². The van der Waals surface area contributed by atoms with Crippen molar-refractivity contribution in [3.63, 3.8) is 0 Å². The molecular formula is C22H23NO2S. The highest BCUT2D eigenvalue weighted by atomic mass is 32.1. The molecule has 1 amide bonds. The normalized spacial score (nSPS) is 15.8. The molecule has 1 aromatic heterocycles. The van der Waals surface area contributed by atoms with Crippen molar-refractivity contribution in [1.29, 1.82) is 0 Å². The van der Waals surface area contributed by atoms with Gasteiger partial charge in [-0.15, -0.1) is 0 Å². The summed E-state index contributed by atoms with van der Waals surface area (Å²) in [5.41, 5.74) is 1.48. The molecule has 1 saturated carbocycles. The van der Waals surface area contributed by atoms with Crippen LogP contribution >= 0.6 is 11.3 Å². The number of thiophene rings is 1. The molecule has 3 nitrogen and oxygen atoms in total. The quantitative estimate of drug-likeness (QED) is 0.674. The molecule has 3 aromatic rings. The van der Waals surface area contributed by atoms with E-state index in [0.29, 0.717) is 6.54 Å². The number of hydrogen-bond acceptors (Lipinski definition) is 3. The van der Waals surface area contributed by atoms with Gasteiger partial charge in [0.25, 0.3) is 5.91 Å². The molecule has 0 unspecified atom stereocenters. The molecule has 0 bridgehead atoms.